The lowest BCUT2D eigenvalue weighted by atomic mass is 10.1. The van der Waals surface area contributed by atoms with Crippen LogP contribution in [0.2, 0.25) is 0 Å². The zero-order chi connectivity index (χ0) is 12.0. The fraction of sp³-hybridized carbons (Fsp3) is 0.467. The quantitative estimate of drug-likeness (QED) is 0.791. The Kier molecular flexibility index (Phi) is 5.27. The number of nitrogens with one attached hydrogen (secondary N) is 1. The molecule has 0 radical (unpaired) electrons. The molecule has 0 fully saturated rings. The van der Waals surface area contributed by atoms with E-state index in [0.717, 1.165) is 6.54 Å². The summed E-state index contributed by atoms with van der Waals surface area (Å²) in [6.45, 7) is 9.82. The number of benzene rings is 1. The van der Waals surface area contributed by atoms with Gasteiger partial charge in [-0.05, 0) is 39.3 Å². The van der Waals surface area contributed by atoms with Crippen molar-refractivity contribution in [3.63, 3.8) is 0 Å². The van der Waals surface area contributed by atoms with Crippen LogP contribution in [-0.4, -0.2) is 12.6 Å². The maximum Gasteiger partial charge on any atom is 0.0251 e. The topological polar surface area (TPSA) is 12.0 Å². The third-order valence-electron chi connectivity index (χ3n) is 2.82. The molecule has 0 saturated carbocycles. The van der Waals surface area contributed by atoms with E-state index in [2.05, 4.69) is 63.4 Å². The van der Waals surface area contributed by atoms with Crippen LogP contribution in [0, 0.1) is 6.92 Å². The first-order chi connectivity index (χ1) is 7.63. The highest BCUT2D eigenvalue weighted by Gasteiger charge is 2.02. The van der Waals surface area contributed by atoms with Gasteiger partial charge in [-0.15, -0.1) is 0 Å². The molecule has 0 spiro atoms. The first-order valence-electron chi connectivity index (χ1n) is 6.11. The van der Waals surface area contributed by atoms with Gasteiger partial charge in [0, 0.05) is 6.04 Å². The van der Waals surface area contributed by atoms with Crippen molar-refractivity contribution < 1.29 is 0 Å². The number of aryl methyl sites for hydroxylation is 1. The predicted octanol–water partition coefficient (Wildman–Crippen LogP) is 3.79. The maximum atomic E-state index is 3.50. The van der Waals surface area contributed by atoms with Crippen LogP contribution in [-0.2, 0) is 0 Å². The van der Waals surface area contributed by atoms with E-state index in [1.807, 2.05) is 0 Å². The Morgan fingerprint density at radius 2 is 2.19 bits per heavy atom. The van der Waals surface area contributed by atoms with E-state index < -0.39 is 0 Å². The van der Waals surface area contributed by atoms with Gasteiger partial charge >= 0.3 is 0 Å². The van der Waals surface area contributed by atoms with Crippen LogP contribution in [0.5, 0.6) is 0 Å². The van der Waals surface area contributed by atoms with Gasteiger partial charge in [-0.1, -0.05) is 48.4 Å². The van der Waals surface area contributed by atoms with Crippen LogP contribution >= 0.6 is 0 Å². The monoisotopic (exact) mass is 217 g/mol. The van der Waals surface area contributed by atoms with Crippen molar-refractivity contribution >= 4 is 6.08 Å². The molecular formula is C15H23N. The van der Waals surface area contributed by atoms with E-state index in [4.69, 9.17) is 0 Å². The molecule has 0 saturated heterocycles. The number of hydrogen-bond donors (Lipinski definition) is 1. The summed E-state index contributed by atoms with van der Waals surface area (Å²) in [5.41, 5.74) is 4.00. The van der Waals surface area contributed by atoms with Crippen molar-refractivity contribution in [3.05, 3.63) is 41.0 Å². The molecule has 1 rings (SSSR count). The van der Waals surface area contributed by atoms with Crippen LogP contribution < -0.4 is 5.32 Å². The van der Waals surface area contributed by atoms with Crippen LogP contribution in [0.4, 0.5) is 0 Å². The van der Waals surface area contributed by atoms with Crippen LogP contribution in [0.15, 0.2) is 29.8 Å². The van der Waals surface area contributed by atoms with Gasteiger partial charge in [0.1, 0.15) is 0 Å². The highest BCUT2D eigenvalue weighted by Crippen LogP contribution is 2.11. The third kappa shape index (κ3) is 4.19. The van der Waals surface area contributed by atoms with Gasteiger partial charge in [-0.2, -0.15) is 0 Å². The van der Waals surface area contributed by atoms with Crippen LogP contribution in [0.25, 0.3) is 6.08 Å². The highest BCUT2D eigenvalue weighted by atomic mass is 14.9. The standard InChI is InChI=1S/C15H23N/c1-5-9-16-14(4)13(3)11-15-8-6-7-12(2)10-15/h6-8,10-11,14,16H,5,9H2,1-4H3/b13-11+. The fourth-order valence-electron chi connectivity index (χ4n) is 1.67. The van der Waals surface area contributed by atoms with Gasteiger partial charge in [0.05, 0.1) is 0 Å². The summed E-state index contributed by atoms with van der Waals surface area (Å²) in [6, 6.07) is 9.07. The predicted molar refractivity (Wildman–Crippen MR) is 72.6 cm³/mol. The molecule has 1 aromatic rings. The molecule has 0 aromatic heterocycles. The number of hydrogen-bond acceptors (Lipinski definition) is 1. The molecule has 88 valence electrons. The molecule has 1 unspecified atom stereocenters. The SMILES string of the molecule is CCCNC(C)/C(C)=C/c1cccc(C)c1. The average Bonchev–Trinajstić information content (AvgIpc) is 2.25. The zero-order valence-electron chi connectivity index (χ0n) is 10.9. The van der Waals surface area contributed by atoms with Crippen LogP contribution in [0.3, 0.4) is 0 Å². The second-order valence-electron chi connectivity index (χ2n) is 4.48. The summed E-state index contributed by atoms with van der Waals surface area (Å²) in [4.78, 5) is 0. The van der Waals surface area contributed by atoms with Crippen molar-refractivity contribution in [2.24, 2.45) is 0 Å². The van der Waals surface area contributed by atoms with Crippen molar-refractivity contribution in [2.45, 2.75) is 40.2 Å². The normalized spacial score (nSPS) is 13.9. The molecular weight excluding hydrogens is 194 g/mol. The first-order valence-corrected chi connectivity index (χ1v) is 6.11. The first kappa shape index (κ1) is 13.0. The Bertz CT molecular complexity index is 352. The molecule has 0 aliphatic rings. The molecule has 16 heavy (non-hydrogen) atoms. The molecule has 1 nitrogen and oxygen atoms in total. The van der Waals surface area contributed by atoms with E-state index >= 15 is 0 Å². The van der Waals surface area contributed by atoms with E-state index in [0.29, 0.717) is 6.04 Å². The van der Waals surface area contributed by atoms with E-state index in [9.17, 15) is 0 Å². The lowest BCUT2D eigenvalue weighted by Gasteiger charge is -2.14. The van der Waals surface area contributed by atoms with E-state index in [-0.39, 0.29) is 0 Å². The van der Waals surface area contributed by atoms with Gasteiger partial charge in [0.15, 0.2) is 0 Å². The summed E-state index contributed by atoms with van der Waals surface area (Å²) in [7, 11) is 0. The molecule has 0 bridgehead atoms. The highest BCUT2D eigenvalue weighted by molar-refractivity contribution is 5.54. The van der Waals surface area contributed by atoms with Crippen molar-refractivity contribution in [1.29, 1.82) is 0 Å². The van der Waals surface area contributed by atoms with Crippen molar-refractivity contribution in [2.75, 3.05) is 6.54 Å². The van der Waals surface area contributed by atoms with E-state index in [1.54, 1.807) is 0 Å². The molecule has 1 aromatic carbocycles. The summed E-state index contributed by atoms with van der Waals surface area (Å²) in [5, 5.41) is 3.50. The molecule has 1 heteroatoms. The summed E-state index contributed by atoms with van der Waals surface area (Å²) in [6.07, 6.45) is 3.45. The Morgan fingerprint density at radius 3 is 2.81 bits per heavy atom. The second-order valence-corrected chi connectivity index (χ2v) is 4.48. The Morgan fingerprint density at radius 1 is 1.44 bits per heavy atom. The van der Waals surface area contributed by atoms with Crippen molar-refractivity contribution in [3.8, 4) is 0 Å². The maximum absolute atomic E-state index is 3.50. The Labute approximate surface area is 99.6 Å². The molecule has 0 aliphatic carbocycles. The molecule has 0 heterocycles. The van der Waals surface area contributed by atoms with Crippen LogP contribution in [0.1, 0.15) is 38.3 Å². The molecule has 1 N–H and O–H groups in total. The average molecular weight is 217 g/mol. The van der Waals surface area contributed by atoms with Gasteiger partial charge in [0.2, 0.25) is 0 Å². The lowest BCUT2D eigenvalue weighted by molar-refractivity contribution is 0.604. The third-order valence-corrected chi connectivity index (χ3v) is 2.82. The second kappa shape index (κ2) is 6.49. The lowest BCUT2D eigenvalue weighted by Crippen LogP contribution is -2.27. The molecule has 0 aliphatic heterocycles. The minimum absolute atomic E-state index is 0.459. The van der Waals surface area contributed by atoms with E-state index in [1.165, 1.54) is 23.1 Å². The molecule has 1 atom stereocenters. The van der Waals surface area contributed by atoms with Crippen molar-refractivity contribution in [1.82, 2.24) is 5.32 Å². The minimum atomic E-state index is 0.459. The van der Waals surface area contributed by atoms with Gasteiger partial charge in [-0.3, -0.25) is 0 Å². The molecule has 0 amide bonds. The Hall–Kier alpha value is -1.08. The largest absolute Gasteiger partial charge is 0.311 e. The van der Waals surface area contributed by atoms with Gasteiger partial charge in [-0.25, -0.2) is 0 Å². The van der Waals surface area contributed by atoms with Gasteiger partial charge in [0.25, 0.3) is 0 Å². The minimum Gasteiger partial charge on any atom is -0.311 e. The summed E-state index contributed by atoms with van der Waals surface area (Å²) >= 11 is 0. The zero-order valence-corrected chi connectivity index (χ0v) is 10.9. The summed E-state index contributed by atoms with van der Waals surface area (Å²) in [5.74, 6) is 0. The van der Waals surface area contributed by atoms with Gasteiger partial charge < -0.3 is 5.32 Å². The summed E-state index contributed by atoms with van der Waals surface area (Å²) < 4.78 is 0. The fourth-order valence-corrected chi connectivity index (χ4v) is 1.67. The number of rotatable bonds is 5. The Balaban J connectivity index is 2.68. The smallest absolute Gasteiger partial charge is 0.0251 e.